The smallest absolute Gasteiger partial charge is 0.191 e. The molecule has 0 heterocycles. The van der Waals surface area contributed by atoms with Gasteiger partial charge in [0.05, 0.1) is 26.8 Å². The highest BCUT2D eigenvalue weighted by molar-refractivity contribution is 14.0. The van der Waals surface area contributed by atoms with Gasteiger partial charge in [-0.2, -0.15) is 0 Å². The number of aliphatic imine (C=N–C) groups is 1. The lowest BCUT2D eigenvalue weighted by Gasteiger charge is -2.22. The molecular formula is C22H32IN3O3. The number of hydrogen-bond donors (Lipinski definition) is 2. The van der Waals surface area contributed by atoms with E-state index in [4.69, 9.17) is 14.2 Å². The van der Waals surface area contributed by atoms with Crippen LogP contribution in [0.2, 0.25) is 0 Å². The maximum atomic E-state index is 5.98. The molecule has 0 fully saturated rings. The quantitative estimate of drug-likeness (QED) is 0.313. The first-order valence-corrected chi connectivity index (χ1v) is 9.39. The van der Waals surface area contributed by atoms with Gasteiger partial charge >= 0.3 is 0 Å². The zero-order chi connectivity index (χ0) is 20.5. The minimum atomic E-state index is -0.0707. The fraction of sp³-hybridized carbons (Fsp3) is 0.409. The Bertz CT molecular complexity index is 799. The molecule has 0 aliphatic carbocycles. The summed E-state index contributed by atoms with van der Waals surface area (Å²) in [5.74, 6) is 3.00. The van der Waals surface area contributed by atoms with Crippen LogP contribution in [-0.2, 0) is 0 Å². The van der Waals surface area contributed by atoms with Crippen LogP contribution in [0.4, 0.5) is 0 Å². The monoisotopic (exact) mass is 513 g/mol. The number of nitrogens with one attached hydrogen (secondary N) is 2. The van der Waals surface area contributed by atoms with Gasteiger partial charge in [0.25, 0.3) is 0 Å². The SMILES string of the molecule is CN=C(NCC(C)Oc1ccccc1OC)NC(C)c1cc(C)ccc1OC.I. The number of halogens is 1. The van der Waals surface area contributed by atoms with Crippen molar-refractivity contribution in [3.05, 3.63) is 53.6 Å². The summed E-state index contributed by atoms with van der Waals surface area (Å²) in [7, 11) is 5.07. The first kappa shape index (κ1) is 24.9. The molecule has 0 aliphatic heterocycles. The van der Waals surface area contributed by atoms with Crippen molar-refractivity contribution in [1.82, 2.24) is 10.6 Å². The fourth-order valence-electron chi connectivity index (χ4n) is 2.88. The Hall–Kier alpha value is -2.16. The lowest BCUT2D eigenvalue weighted by atomic mass is 10.0. The Morgan fingerprint density at radius 3 is 2.28 bits per heavy atom. The van der Waals surface area contributed by atoms with Crippen LogP contribution in [0.15, 0.2) is 47.5 Å². The van der Waals surface area contributed by atoms with Gasteiger partial charge in [-0.3, -0.25) is 4.99 Å². The largest absolute Gasteiger partial charge is 0.496 e. The second-order valence-corrected chi connectivity index (χ2v) is 6.64. The van der Waals surface area contributed by atoms with Crippen LogP contribution in [0, 0.1) is 6.92 Å². The molecule has 29 heavy (non-hydrogen) atoms. The third kappa shape index (κ3) is 7.30. The van der Waals surface area contributed by atoms with Gasteiger partial charge < -0.3 is 24.8 Å². The number of para-hydroxylation sites is 2. The van der Waals surface area contributed by atoms with Gasteiger partial charge in [0.2, 0.25) is 0 Å². The molecule has 0 saturated heterocycles. The van der Waals surface area contributed by atoms with Crippen molar-refractivity contribution in [2.75, 3.05) is 27.8 Å². The van der Waals surface area contributed by atoms with Crippen LogP contribution < -0.4 is 24.8 Å². The van der Waals surface area contributed by atoms with E-state index < -0.39 is 0 Å². The summed E-state index contributed by atoms with van der Waals surface area (Å²) in [4.78, 5) is 4.32. The maximum Gasteiger partial charge on any atom is 0.191 e. The van der Waals surface area contributed by atoms with Crippen molar-refractivity contribution < 1.29 is 14.2 Å². The standard InChI is InChI=1S/C22H31N3O3.HI/c1-15-11-12-19(26-5)18(13-15)17(3)25-22(23-4)24-14-16(2)28-21-10-8-7-9-20(21)27-6;/h7-13,16-17H,14H2,1-6H3,(H2,23,24,25);1H. The number of nitrogens with zero attached hydrogens (tertiary/aromatic N) is 1. The summed E-state index contributed by atoms with van der Waals surface area (Å²) in [5.41, 5.74) is 2.27. The average Bonchev–Trinajstić information content (AvgIpc) is 2.71. The predicted molar refractivity (Wildman–Crippen MR) is 129 cm³/mol. The summed E-state index contributed by atoms with van der Waals surface area (Å²) < 4.78 is 16.8. The van der Waals surface area contributed by atoms with Crippen molar-refractivity contribution in [2.45, 2.75) is 32.9 Å². The van der Waals surface area contributed by atoms with E-state index in [1.165, 1.54) is 5.56 Å². The first-order valence-electron chi connectivity index (χ1n) is 9.39. The lowest BCUT2D eigenvalue weighted by molar-refractivity contribution is 0.213. The Morgan fingerprint density at radius 2 is 1.66 bits per heavy atom. The molecule has 2 aromatic carbocycles. The van der Waals surface area contributed by atoms with E-state index in [2.05, 4.69) is 35.5 Å². The molecule has 2 rings (SSSR count). The molecule has 0 amide bonds. The van der Waals surface area contributed by atoms with Gasteiger partial charge in [-0.25, -0.2) is 0 Å². The van der Waals surface area contributed by atoms with E-state index in [-0.39, 0.29) is 36.1 Å². The van der Waals surface area contributed by atoms with E-state index in [1.807, 2.05) is 43.3 Å². The van der Waals surface area contributed by atoms with Gasteiger partial charge in [0.15, 0.2) is 17.5 Å². The summed E-state index contributed by atoms with van der Waals surface area (Å²) in [6, 6.07) is 13.8. The molecule has 2 aromatic rings. The molecule has 0 saturated carbocycles. The van der Waals surface area contributed by atoms with Gasteiger partial charge in [0, 0.05) is 12.6 Å². The van der Waals surface area contributed by atoms with E-state index in [9.17, 15) is 0 Å². The van der Waals surface area contributed by atoms with Crippen LogP contribution in [-0.4, -0.2) is 39.9 Å². The van der Waals surface area contributed by atoms with E-state index in [0.29, 0.717) is 12.5 Å². The van der Waals surface area contributed by atoms with Crippen molar-refractivity contribution in [1.29, 1.82) is 0 Å². The summed E-state index contributed by atoms with van der Waals surface area (Å²) in [6.07, 6.45) is -0.0707. The summed E-state index contributed by atoms with van der Waals surface area (Å²) in [6.45, 7) is 6.74. The van der Waals surface area contributed by atoms with Crippen molar-refractivity contribution in [3.8, 4) is 17.2 Å². The molecule has 160 valence electrons. The second kappa shape index (κ2) is 12.4. The Labute approximate surface area is 191 Å². The molecular weight excluding hydrogens is 481 g/mol. The molecule has 2 unspecified atom stereocenters. The van der Waals surface area contributed by atoms with Crippen molar-refractivity contribution in [2.24, 2.45) is 4.99 Å². The molecule has 0 aliphatic rings. The Kier molecular flexibility index (Phi) is 10.6. The lowest BCUT2D eigenvalue weighted by Crippen LogP contribution is -2.42. The number of ether oxygens (including phenoxy) is 3. The normalized spacial score (nSPS) is 13.0. The number of methoxy groups -OCH3 is 2. The predicted octanol–water partition coefficient (Wildman–Crippen LogP) is 4.32. The van der Waals surface area contributed by atoms with Crippen LogP contribution in [0.1, 0.15) is 31.0 Å². The highest BCUT2D eigenvalue weighted by Gasteiger charge is 2.14. The third-order valence-corrected chi connectivity index (χ3v) is 4.38. The van der Waals surface area contributed by atoms with Crippen molar-refractivity contribution >= 4 is 29.9 Å². The third-order valence-electron chi connectivity index (χ3n) is 4.38. The number of guanidine groups is 1. The average molecular weight is 513 g/mol. The number of rotatable bonds is 8. The van der Waals surface area contributed by atoms with Gasteiger partial charge in [-0.05, 0) is 39.0 Å². The van der Waals surface area contributed by atoms with Gasteiger partial charge in [0.1, 0.15) is 11.9 Å². The molecule has 0 spiro atoms. The summed E-state index contributed by atoms with van der Waals surface area (Å²) >= 11 is 0. The molecule has 2 N–H and O–H groups in total. The zero-order valence-electron chi connectivity index (χ0n) is 18.0. The first-order chi connectivity index (χ1) is 13.5. The molecule has 0 radical (unpaired) electrons. The highest BCUT2D eigenvalue weighted by atomic mass is 127. The molecule has 0 aromatic heterocycles. The number of benzene rings is 2. The zero-order valence-corrected chi connectivity index (χ0v) is 20.3. The number of hydrogen-bond acceptors (Lipinski definition) is 4. The second-order valence-electron chi connectivity index (χ2n) is 6.64. The van der Waals surface area contributed by atoms with E-state index in [0.717, 1.165) is 22.8 Å². The molecule has 6 nitrogen and oxygen atoms in total. The minimum Gasteiger partial charge on any atom is -0.496 e. The van der Waals surface area contributed by atoms with E-state index in [1.54, 1.807) is 21.3 Å². The van der Waals surface area contributed by atoms with Crippen molar-refractivity contribution in [3.63, 3.8) is 0 Å². The molecule has 0 bridgehead atoms. The summed E-state index contributed by atoms with van der Waals surface area (Å²) in [5, 5.41) is 6.72. The number of aryl methyl sites for hydroxylation is 1. The van der Waals surface area contributed by atoms with Crippen LogP contribution in [0.3, 0.4) is 0 Å². The van der Waals surface area contributed by atoms with Crippen LogP contribution in [0.25, 0.3) is 0 Å². The maximum absolute atomic E-state index is 5.98. The Morgan fingerprint density at radius 1 is 1.00 bits per heavy atom. The highest BCUT2D eigenvalue weighted by Crippen LogP contribution is 2.27. The van der Waals surface area contributed by atoms with Crippen LogP contribution in [0.5, 0.6) is 17.2 Å². The Balaban J connectivity index is 0.00000420. The minimum absolute atomic E-state index is 0. The molecule has 7 heteroatoms. The van der Waals surface area contributed by atoms with Gasteiger partial charge in [-0.1, -0.05) is 29.8 Å². The van der Waals surface area contributed by atoms with Crippen LogP contribution >= 0.6 is 24.0 Å². The molecule has 2 atom stereocenters. The fourth-order valence-corrected chi connectivity index (χ4v) is 2.88. The van der Waals surface area contributed by atoms with E-state index >= 15 is 0 Å². The topological polar surface area (TPSA) is 64.1 Å². The van der Waals surface area contributed by atoms with Gasteiger partial charge in [-0.15, -0.1) is 24.0 Å².